The molecule has 1 aliphatic heterocycles. The highest BCUT2D eigenvalue weighted by atomic mass is 32.2. The number of hydrogen-bond acceptors (Lipinski definition) is 3. The molecule has 20 heavy (non-hydrogen) atoms. The summed E-state index contributed by atoms with van der Waals surface area (Å²) in [7, 11) is 0. The summed E-state index contributed by atoms with van der Waals surface area (Å²) in [6, 6.07) is 6.77. The van der Waals surface area contributed by atoms with Gasteiger partial charge in [-0.1, -0.05) is 24.3 Å². The van der Waals surface area contributed by atoms with Crippen molar-refractivity contribution in [3.8, 4) is 0 Å². The summed E-state index contributed by atoms with van der Waals surface area (Å²) in [5.74, 6) is 0.289. The molecule has 108 valence electrons. The Morgan fingerprint density at radius 1 is 1.45 bits per heavy atom. The van der Waals surface area contributed by atoms with Gasteiger partial charge in [-0.05, 0) is 18.1 Å². The second kappa shape index (κ2) is 6.65. The quantitative estimate of drug-likeness (QED) is 0.890. The van der Waals surface area contributed by atoms with Crippen molar-refractivity contribution >= 4 is 23.8 Å². The molecule has 1 aromatic rings. The molecule has 1 atom stereocenters. The summed E-state index contributed by atoms with van der Waals surface area (Å²) >= 11 is 1.57. The molecule has 5 nitrogen and oxygen atoms in total. The Morgan fingerprint density at radius 2 is 2.20 bits per heavy atom. The summed E-state index contributed by atoms with van der Waals surface area (Å²) < 4.78 is 0. The lowest BCUT2D eigenvalue weighted by molar-refractivity contribution is -0.141. The topological polar surface area (TPSA) is 69.6 Å². The van der Waals surface area contributed by atoms with Gasteiger partial charge >= 0.3 is 12.0 Å². The lowest BCUT2D eigenvalue weighted by atomic mass is 10.1. The molecule has 0 radical (unpaired) electrons. The van der Waals surface area contributed by atoms with Crippen LogP contribution in [0.1, 0.15) is 11.1 Å². The fraction of sp³-hybridized carbons (Fsp3) is 0.429. The number of aliphatic carboxylic acids is 1. The molecular weight excluding hydrogens is 276 g/mol. The van der Waals surface area contributed by atoms with E-state index < -0.39 is 12.0 Å². The monoisotopic (exact) mass is 294 g/mol. The Kier molecular flexibility index (Phi) is 4.89. The van der Waals surface area contributed by atoms with Crippen LogP contribution in [0, 0.1) is 6.92 Å². The predicted octanol–water partition coefficient (Wildman–Crippen LogP) is 1.71. The molecule has 2 N–H and O–H groups in total. The molecule has 1 unspecified atom stereocenters. The molecule has 1 saturated heterocycles. The molecule has 2 amide bonds. The first-order valence-corrected chi connectivity index (χ1v) is 7.64. The second-order valence-electron chi connectivity index (χ2n) is 4.71. The maximum absolute atomic E-state index is 12.1. The van der Waals surface area contributed by atoms with Crippen molar-refractivity contribution < 1.29 is 14.7 Å². The molecule has 6 heteroatoms. The Morgan fingerprint density at radius 3 is 2.90 bits per heavy atom. The Bertz CT molecular complexity index is 507. The zero-order valence-electron chi connectivity index (χ0n) is 11.3. The molecule has 0 aromatic heterocycles. The van der Waals surface area contributed by atoms with E-state index in [1.54, 1.807) is 11.8 Å². The number of carbonyl (C=O) groups excluding carboxylic acids is 1. The smallest absolute Gasteiger partial charge is 0.327 e. The van der Waals surface area contributed by atoms with E-state index in [1.165, 1.54) is 4.90 Å². The number of thioether (sulfide) groups is 1. The van der Waals surface area contributed by atoms with E-state index in [0.29, 0.717) is 18.8 Å². The van der Waals surface area contributed by atoms with E-state index in [9.17, 15) is 9.59 Å². The molecular formula is C14H18N2O3S. The highest BCUT2D eigenvalue weighted by Crippen LogP contribution is 2.17. The van der Waals surface area contributed by atoms with E-state index in [0.717, 1.165) is 16.9 Å². The third-order valence-electron chi connectivity index (χ3n) is 3.37. The van der Waals surface area contributed by atoms with Crippen molar-refractivity contribution in [2.45, 2.75) is 19.5 Å². The number of nitrogens with zero attached hydrogens (tertiary/aromatic N) is 1. The van der Waals surface area contributed by atoms with Gasteiger partial charge in [0.2, 0.25) is 0 Å². The Hall–Kier alpha value is -1.69. The summed E-state index contributed by atoms with van der Waals surface area (Å²) in [5.41, 5.74) is 2.15. The highest BCUT2D eigenvalue weighted by Gasteiger charge is 2.32. The van der Waals surface area contributed by atoms with Gasteiger partial charge in [0.1, 0.15) is 6.04 Å². The second-order valence-corrected chi connectivity index (χ2v) is 5.86. The van der Waals surface area contributed by atoms with Crippen LogP contribution in [0.4, 0.5) is 4.79 Å². The minimum absolute atomic E-state index is 0.305. The van der Waals surface area contributed by atoms with E-state index in [4.69, 9.17) is 5.11 Å². The van der Waals surface area contributed by atoms with Crippen molar-refractivity contribution in [2.24, 2.45) is 0 Å². The zero-order chi connectivity index (χ0) is 14.5. The average Bonchev–Trinajstić information content (AvgIpc) is 2.46. The van der Waals surface area contributed by atoms with Crippen LogP contribution in [-0.4, -0.2) is 46.1 Å². The SMILES string of the molecule is Cc1ccccc1CNC(=O)N1CCSCC1C(=O)O. The van der Waals surface area contributed by atoms with E-state index in [2.05, 4.69) is 5.32 Å². The average molecular weight is 294 g/mol. The summed E-state index contributed by atoms with van der Waals surface area (Å²) in [4.78, 5) is 24.7. The zero-order valence-corrected chi connectivity index (χ0v) is 12.2. The largest absolute Gasteiger partial charge is 0.480 e. The van der Waals surface area contributed by atoms with Crippen molar-refractivity contribution in [2.75, 3.05) is 18.1 Å². The number of amides is 2. The summed E-state index contributed by atoms with van der Waals surface area (Å²) in [5, 5.41) is 12.0. The van der Waals surface area contributed by atoms with Crippen LogP contribution in [0.3, 0.4) is 0 Å². The van der Waals surface area contributed by atoms with Gasteiger partial charge in [0.05, 0.1) is 0 Å². The fourth-order valence-electron chi connectivity index (χ4n) is 2.13. The minimum Gasteiger partial charge on any atom is -0.480 e. The van der Waals surface area contributed by atoms with Crippen LogP contribution in [0.25, 0.3) is 0 Å². The summed E-state index contributed by atoms with van der Waals surface area (Å²) in [6.45, 7) is 2.88. The molecule has 0 aliphatic carbocycles. The molecule has 1 aromatic carbocycles. The molecule has 0 bridgehead atoms. The number of hydrogen-bond donors (Lipinski definition) is 2. The number of carboxylic acids is 1. The highest BCUT2D eigenvalue weighted by molar-refractivity contribution is 7.99. The standard InChI is InChI=1S/C14H18N2O3S/c1-10-4-2-3-5-11(10)8-15-14(19)16-6-7-20-9-12(16)13(17)18/h2-5,12H,6-9H2,1H3,(H,15,19)(H,17,18). The van der Waals surface area contributed by atoms with Crippen LogP contribution < -0.4 is 5.32 Å². The van der Waals surface area contributed by atoms with Gasteiger partial charge in [-0.25, -0.2) is 9.59 Å². The molecule has 2 rings (SSSR count). The molecule has 0 saturated carbocycles. The van der Waals surface area contributed by atoms with E-state index in [1.807, 2.05) is 31.2 Å². The van der Waals surface area contributed by atoms with Crippen LogP contribution in [-0.2, 0) is 11.3 Å². The van der Waals surface area contributed by atoms with Gasteiger partial charge in [0.25, 0.3) is 0 Å². The molecule has 1 aliphatic rings. The summed E-state index contributed by atoms with van der Waals surface area (Å²) in [6.07, 6.45) is 0. The Balaban J connectivity index is 1.97. The van der Waals surface area contributed by atoms with Crippen molar-refractivity contribution in [1.29, 1.82) is 0 Å². The first-order valence-electron chi connectivity index (χ1n) is 6.49. The number of urea groups is 1. The number of nitrogens with one attached hydrogen (secondary N) is 1. The van der Waals surface area contributed by atoms with Crippen LogP contribution in [0.5, 0.6) is 0 Å². The van der Waals surface area contributed by atoms with Crippen LogP contribution in [0.2, 0.25) is 0 Å². The van der Waals surface area contributed by atoms with Gasteiger partial charge in [-0.2, -0.15) is 11.8 Å². The van der Waals surface area contributed by atoms with E-state index >= 15 is 0 Å². The molecule has 0 spiro atoms. The van der Waals surface area contributed by atoms with Crippen molar-refractivity contribution in [3.63, 3.8) is 0 Å². The van der Waals surface area contributed by atoms with Crippen LogP contribution >= 0.6 is 11.8 Å². The third-order valence-corrected chi connectivity index (χ3v) is 4.39. The van der Waals surface area contributed by atoms with Gasteiger partial charge in [0, 0.05) is 24.6 Å². The lowest BCUT2D eigenvalue weighted by Crippen LogP contribution is -2.53. The molecule has 1 fully saturated rings. The first kappa shape index (κ1) is 14.7. The fourth-order valence-corrected chi connectivity index (χ4v) is 3.17. The lowest BCUT2D eigenvalue weighted by Gasteiger charge is -2.32. The van der Waals surface area contributed by atoms with Gasteiger partial charge in [-0.15, -0.1) is 0 Å². The molecule has 1 heterocycles. The maximum Gasteiger partial charge on any atom is 0.327 e. The first-order chi connectivity index (χ1) is 9.59. The van der Waals surface area contributed by atoms with Gasteiger partial charge in [-0.3, -0.25) is 0 Å². The van der Waals surface area contributed by atoms with Crippen molar-refractivity contribution in [3.05, 3.63) is 35.4 Å². The van der Waals surface area contributed by atoms with E-state index in [-0.39, 0.29) is 6.03 Å². The van der Waals surface area contributed by atoms with Gasteiger partial charge < -0.3 is 15.3 Å². The third kappa shape index (κ3) is 3.45. The number of carbonyl (C=O) groups is 2. The van der Waals surface area contributed by atoms with Crippen LogP contribution in [0.15, 0.2) is 24.3 Å². The minimum atomic E-state index is -0.941. The predicted molar refractivity (Wildman–Crippen MR) is 78.9 cm³/mol. The maximum atomic E-state index is 12.1. The van der Waals surface area contributed by atoms with Gasteiger partial charge in [0.15, 0.2) is 0 Å². The number of benzene rings is 1. The van der Waals surface area contributed by atoms with Crippen molar-refractivity contribution in [1.82, 2.24) is 10.2 Å². The number of carboxylic acid groups (broad SMARTS) is 1. The number of rotatable bonds is 3. The number of aryl methyl sites for hydroxylation is 1. The normalized spacial score (nSPS) is 18.6. The Labute approximate surface area is 122 Å².